The summed E-state index contributed by atoms with van der Waals surface area (Å²) in [5, 5.41) is 23.6. The van der Waals surface area contributed by atoms with Crippen molar-refractivity contribution in [3.05, 3.63) is 87.5 Å². The number of nitrogens with one attached hydrogen (secondary N) is 1. The van der Waals surface area contributed by atoms with Gasteiger partial charge in [-0.15, -0.1) is 0 Å². The molecule has 1 aliphatic rings. The molecule has 0 radical (unpaired) electrons. The number of hydrogen-bond acceptors (Lipinski definition) is 7. The van der Waals surface area contributed by atoms with Gasteiger partial charge >= 0.3 is 12.1 Å². The van der Waals surface area contributed by atoms with Gasteiger partial charge in [0, 0.05) is 5.92 Å². The summed E-state index contributed by atoms with van der Waals surface area (Å²) in [7, 11) is 2.67. The maximum atomic E-state index is 12.8. The van der Waals surface area contributed by atoms with Crippen molar-refractivity contribution in [2.24, 2.45) is 0 Å². The van der Waals surface area contributed by atoms with E-state index in [0.717, 1.165) is 28.3 Å². The SMILES string of the molecule is COc1cc([C@H](CC(=O)O)NC(=O)OCC2c3ccccc3-c3ccccc32)c([N+](=O)[O-])cc1OC. The predicted molar refractivity (Wildman–Crippen MR) is 129 cm³/mol. The lowest BCUT2D eigenvalue weighted by Gasteiger charge is -2.20. The molecule has 36 heavy (non-hydrogen) atoms. The summed E-state index contributed by atoms with van der Waals surface area (Å²) in [6.07, 6.45) is -1.51. The van der Waals surface area contributed by atoms with Crippen LogP contribution >= 0.6 is 0 Å². The van der Waals surface area contributed by atoms with Crippen LogP contribution in [0.2, 0.25) is 0 Å². The maximum Gasteiger partial charge on any atom is 0.407 e. The molecule has 0 aromatic heterocycles. The van der Waals surface area contributed by atoms with Crippen LogP contribution in [0.5, 0.6) is 11.5 Å². The number of benzene rings is 3. The Morgan fingerprint density at radius 2 is 1.56 bits per heavy atom. The Morgan fingerprint density at radius 1 is 1.00 bits per heavy atom. The molecule has 0 saturated carbocycles. The number of carbonyl (C=O) groups excluding carboxylic acids is 1. The van der Waals surface area contributed by atoms with Crippen molar-refractivity contribution in [3.8, 4) is 22.6 Å². The lowest BCUT2D eigenvalue weighted by Crippen LogP contribution is -2.32. The molecule has 0 aliphatic heterocycles. The largest absolute Gasteiger partial charge is 0.493 e. The van der Waals surface area contributed by atoms with E-state index in [4.69, 9.17) is 14.2 Å². The zero-order valence-corrected chi connectivity index (χ0v) is 19.6. The number of hydrogen-bond donors (Lipinski definition) is 2. The molecule has 0 heterocycles. The van der Waals surface area contributed by atoms with E-state index in [-0.39, 0.29) is 29.6 Å². The van der Waals surface area contributed by atoms with Crippen LogP contribution in [0.3, 0.4) is 0 Å². The highest BCUT2D eigenvalue weighted by atomic mass is 16.6. The highest BCUT2D eigenvalue weighted by molar-refractivity contribution is 5.79. The Balaban J connectivity index is 1.57. The maximum absolute atomic E-state index is 12.8. The van der Waals surface area contributed by atoms with Gasteiger partial charge in [0.2, 0.25) is 0 Å². The molecule has 10 nitrogen and oxygen atoms in total. The minimum absolute atomic E-state index is 0.00762. The fourth-order valence-electron chi connectivity index (χ4n) is 4.52. The minimum atomic E-state index is -1.26. The first-order valence-electron chi connectivity index (χ1n) is 11.1. The Kier molecular flexibility index (Phi) is 7.05. The minimum Gasteiger partial charge on any atom is -0.493 e. The standard InChI is InChI=1S/C26H24N2O8/c1-34-23-11-19(22(28(32)33)13-24(23)35-2)21(12-25(29)30)27-26(31)36-14-20-17-9-5-3-7-15(17)16-8-4-6-10-18(16)20/h3-11,13,20-21H,12,14H2,1-2H3,(H,27,31)(H,29,30)/t21-/m0/s1. The van der Waals surface area contributed by atoms with Crippen LogP contribution in [-0.4, -0.2) is 42.9 Å². The third-order valence-electron chi connectivity index (χ3n) is 6.12. The molecule has 10 heteroatoms. The van der Waals surface area contributed by atoms with E-state index in [0.29, 0.717) is 0 Å². The van der Waals surface area contributed by atoms with E-state index in [1.807, 2.05) is 48.5 Å². The van der Waals surface area contributed by atoms with E-state index >= 15 is 0 Å². The number of carboxylic acid groups (broad SMARTS) is 1. The number of carboxylic acids is 1. The summed E-state index contributed by atoms with van der Waals surface area (Å²) in [6.45, 7) is 0.00762. The average Bonchev–Trinajstić information content (AvgIpc) is 3.19. The Morgan fingerprint density at radius 3 is 2.08 bits per heavy atom. The van der Waals surface area contributed by atoms with Crippen molar-refractivity contribution >= 4 is 17.7 Å². The number of methoxy groups -OCH3 is 2. The zero-order valence-electron chi connectivity index (χ0n) is 19.6. The smallest absolute Gasteiger partial charge is 0.407 e. The summed E-state index contributed by atoms with van der Waals surface area (Å²) in [4.78, 5) is 35.4. The van der Waals surface area contributed by atoms with E-state index in [1.165, 1.54) is 20.3 Å². The quantitative estimate of drug-likeness (QED) is 0.325. The third kappa shape index (κ3) is 4.78. The van der Waals surface area contributed by atoms with E-state index < -0.39 is 35.1 Å². The Bertz CT molecular complexity index is 1280. The highest BCUT2D eigenvalue weighted by Gasteiger charge is 2.31. The van der Waals surface area contributed by atoms with Crippen molar-refractivity contribution < 1.29 is 33.8 Å². The number of nitrogens with zero attached hydrogens (tertiary/aromatic N) is 1. The monoisotopic (exact) mass is 492 g/mol. The number of aliphatic carboxylic acids is 1. The summed E-state index contributed by atoms with van der Waals surface area (Å²) in [5.74, 6) is -1.20. The van der Waals surface area contributed by atoms with E-state index in [9.17, 15) is 24.8 Å². The molecule has 0 bridgehead atoms. The number of nitro benzene ring substituents is 1. The summed E-state index contributed by atoms with van der Waals surface area (Å²) in [5.41, 5.74) is 3.69. The molecule has 0 spiro atoms. The second-order valence-corrected chi connectivity index (χ2v) is 8.14. The molecule has 1 amide bonds. The van der Waals surface area contributed by atoms with Crippen LogP contribution in [0.4, 0.5) is 10.5 Å². The normalized spacial score (nSPS) is 12.7. The number of rotatable bonds is 9. The second-order valence-electron chi connectivity index (χ2n) is 8.14. The molecule has 186 valence electrons. The summed E-state index contributed by atoms with van der Waals surface area (Å²) >= 11 is 0. The van der Waals surface area contributed by atoms with Crippen molar-refractivity contribution in [2.75, 3.05) is 20.8 Å². The number of nitro groups is 1. The first-order chi connectivity index (χ1) is 17.3. The first kappa shape index (κ1) is 24.5. The van der Waals surface area contributed by atoms with Gasteiger partial charge in [-0.3, -0.25) is 14.9 Å². The zero-order chi connectivity index (χ0) is 25.8. The molecule has 1 atom stereocenters. The molecule has 0 saturated heterocycles. The van der Waals surface area contributed by atoms with Gasteiger partial charge in [-0.05, 0) is 28.3 Å². The molecule has 0 unspecified atom stereocenters. The molecule has 2 N–H and O–H groups in total. The number of amides is 1. The summed E-state index contributed by atoms with van der Waals surface area (Å²) < 4.78 is 15.8. The lowest BCUT2D eigenvalue weighted by atomic mass is 9.98. The molecular formula is C26H24N2O8. The van der Waals surface area contributed by atoms with Gasteiger partial charge in [-0.1, -0.05) is 48.5 Å². The Hall–Kier alpha value is -4.60. The third-order valence-corrected chi connectivity index (χ3v) is 6.12. The van der Waals surface area contributed by atoms with Gasteiger partial charge in [-0.25, -0.2) is 4.79 Å². The molecule has 1 aliphatic carbocycles. The van der Waals surface area contributed by atoms with Gasteiger partial charge in [0.25, 0.3) is 5.69 Å². The van der Waals surface area contributed by atoms with Crippen LogP contribution < -0.4 is 14.8 Å². The molecule has 3 aromatic rings. The van der Waals surface area contributed by atoms with Gasteiger partial charge in [0.15, 0.2) is 11.5 Å². The fourth-order valence-corrected chi connectivity index (χ4v) is 4.52. The van der Waals surface area contributed by atoms with Gasteiger partial charge in [-0.2, -0.15) is 0 Å². The number of alkyl carbamates (subject to hydrolysis) is 1. The van der Waals surface area contributed by atoms with E-state index in [1.54, 1.807) is 0 Å². The molecule has 4 rings (SSSR count). The molecule has 0 fully saturated rings. The topological polar surface area (TPSA) is 137 Å². The molecular weight excluding hydrogens is 468 g/mol. The van der Waals surface area contributed by atoms with Gasteiger partial charge < -0.3 is 24.6 Å². The number of ether oxygens (including phenoxy) is 3. The van der Waals surface area contributed by atoms with Gasteiger partial charge in [0.05, 0.1) is 43.2 Å². The number of fused-ring (bicyclic) bond motifs is 3. The average molecular weight is 492 g/mol. The molecule has 3 aromatic carbocycles. The van der Waals surface area contributed by atoms with Crippen molar-refractivity contribution in [2.45, 2.75) is 18.4 Å². The van der Waals surface area contributed by atoms with Crippen LogP contribution in [0.25, 0.3) is 11.1 Å². The van der Waals surface area contributed by atoms with E-state index in [2.05, 4.69) is 5.32 Å². The predicted octanol–water partition coefficient (Wildman–Crippen LogP) is 4.67. The van der Waals surface area contributed by atoms with Crippen molar-refractivity contribution in [1.82, 2.24) is 5.32 Å². The Labute approximate surface area is 206 Å². The van der Waals surface area contributed by atoms with Crippen LogP contribution in [0.15, 0.2) is 60.7 Å². The second kappa shape index (κ2) is 10.3. The van der Waals surface area contributed by atoms with Crippen molar-refractivity contribution in [3.63, 3.8) is 0 Å². The van der Waals surface area contributed by atoms with Crippen molar-refractivity contribution in [1.29, 1.82) is 0 Å². The first-order valence-corrected chi connectivity index (χ1v) is 11.1. The summed E-state index contributed by atoms with van der Waals surface area (Å²) in [6, 6.07) is 16.8. The number of carbonyl (C=O) groups is 2. The van der Waals surface area contributed by atoms with Crippen LogP contribution in [0, 0.1) is 10.1 Å². The van der Waals surface area contributed by atoms with Gasteiger partial charge in [0.1, 0.15) is 6.61 Å². The highest BCUT2D eigenvalue weighted by Crippen LogP contribution is 2.44. The lowest BCUT2D eigenvalue weighted by molar-refractivity contribution is -0.385. The van der Waals surface area contributed by atoms with Crippen LogP contribution in [0.1, 0.15) is 35.1 Å². The fraction of sp³-hybridized carbons (Fsp3) is 0.231. The van der Waals surface area contributed by atoms with Crippen LogP contribution in [-0.2, 0) is 9.53 Å².